The zero-order valence-electron chi connectivity index (χ0n) is 24.5. The summed E-state index contributed by atoms with van der Waals surface area (Å²) < 4.78 is 17.4. The van der Waals surface area contributed by atoms with Crippen molar-refractivity contribution < 1.29 is 9.18 Å². The van der Waals surface area contributed by atoms with Crippen LogP contribution in [0, 0.1) is 29.5 Å². The Morgan fingerprint density at radius 2 is 1.91 bits per heavy atom. The molecule has 0 unspecified atom stereocenters. The molecule has 43 heavy (non-hydrogen) atoms. The third-order valence-electron chi connectivity index (χ3n) is 8.07. The monoisotopic (exact) mass is 619 g/mol. The molecule has 2 heterocycles. The van der Waals surface area contributed by atoms with Crippen LogP contribution in [-0.2, 0) is 17.3 Å². The number of aryl methyl sites for hydroxylation is 1. The molecule has 1 fully saturated rings. The minimum atomic E-state index is -1.48. The van der Waals surface area contributed by atoms with Gasteiger partial charge in [0.1, 0.15) is 11.2 Å². The third kappa shape index (κ3) is 5.75. The van der Waals surface area contributed by atoms with Crippen molar-refractivity contribution in [3.05, 3.63) is 93.2 Å². The summed E-state index contributed by atoms with van der Waals surface area (Å²) in [4.78, 5) is 14.3. The van der Waals surface area contributed by atoms with Crippen LogP contribution in [-0.4, -0.2) is 38.2 Å². The van der Waals surface area contributed by atoms with E-state index >= 15 is 4.39 Å². The van der Waals surface area contributed by atoms with Crippen molar-refractivity contribution in [2.75, 3.05) is 5.32 Å². The zero-order valence-corrected chi connectivity index (χ0v) is 26.0. The molecular weight excluding hydrogens is 588 g/mol. The highest BCUT2D eigenvalue weighted by atomic mass is 35.5. The molecule has 0 bridgehead atoms. The highest BCUT2D eigenvalue weighted by Gasteiger charge is 2.60. The lowest BCUT2D eigenvalue weighted by Crippen LogP contribution is -2.44. The van der Waals surface area contributed by atoms with E-state index in [9.17, 15) is 10.1 Å². The minimum absolute atomic E-state index is 0.178. The average Bonchev–Trinajstić information content (AvgIpc) is 3.51. The number of carbonyl (C=O) groups excluding carboxylic acids is 1. The summed E-state index contributed by atoms with van der Waals surface area (Å²) in [5.41, 5.74) is 1.08. The fourth-order valence-corrected chi connectivity index (χ4v) is 6.53. The normalized spacial score (nSPS) is 21.9. The van der Waals surface area contributed by atoms with Crippen LogP contribution in [0.15, 0.2) is 60.7 Å². The maximum Gasteiger partial charge on any atom is 0.242 e. The molecule has 4 aromatic rings. The summed E-state index contributed by atoms with van der Waals surface area (Å²) in [6.45, 7) is 8.00. The van der Waals surface area contributed by atoms with Gasteiger partial charge in [-0.25, -0.2) is 9.07 Å². The van der Waals surface area contributed by atoms with Crippen LogP contribution in [0.4, 0.5) is 10.1 Å². The van der Waals surface area contributed by atoms with E-state index in [1.165, 1.54) is 10.7 Å². The van der Waals surface area contributed by atoms with Gasteiger partial charge in [0.05, 0.1) is 12.1 Å². The van der Waals surface area contributed by atoms with Crippen LogP contribution in [0.5, 0.6) is 0 Å². The number of benzene rings is 3. The van der Waals surface area contributed by atoms with Crippen LogP contribution in [0.1, 0.15) is 49.8 Å². The van der Waals surface area contributed by atoms with Crippen molar-refractivity contribution in [3.63, 3.8) is 0 Å². The predicted octanol–water partition coefficient (Wildman–Crippen LogP) is 6.59. The molecule has 1 amide bonds. The molecule has 1 aliphatic rings. The first-order valence-electron chi connectivity index (χ1n) is 13.9. The summed E-state index contributed by atoms with van der Waals surface area (Å²) >= 11 is 12.7. The molecule has 8 nitrogen and oxygen atoms in total. The molecule has 222 valence electrons. The van der Waals surface area contributed by atoms with Crippen LogP contribution < -0.4 is 10.6 Å². The Balaban J connectivity index is 1.67. The lowest BCUT2D eigenvalue weighted by atomic mass is 9.62. The highest BCUT2D eigenvalue weighted by Crippen LogP contribution is 2.53. The van der Waals surface area contributed by atoms with Gasteiger partial charge in [-0.15, -0.1) is 5.10 Å². The van der Waals surface area contributed by atoms with Crippen molar-refractivity contribution in [3.8, 4) is 17.5 Å². The van der Waals surface area contributed by atoms with Crippen LogP contribution in [0.25, 0.3) is 11.4 Å². The first-order chi connectivity index (χ1) is 20.4. The smallest absolute Gasteiger partial charge is 0.242 e. The van der Waals surface area contributed by atoms with Crippen LogP contribution >= 0.6 is 23.2 Å². The van der Waals surface area contributed by atoms with Crippen LogP contribution in [0.2, 0.25) is 10.0 Å². The molecule has 1 saturated heterocycles. The average molecular weight is 621 g/mol. The molecule has 3 aromatic carbocycles. The molecule has 1 aromatic heterocycles. The molecular formula is C32H32Cl2FN7O. The molecule has 1 aliphatic heterocycles. The number of tetrazole rings is 1. The lowest BCUT2D eigenvalue weighted by molar-refractivity contribution is -0.118. The van der Waals surface area contributed by atoms with Gasteiger partial charge in [-0.2, -0.15) is 5.26 Å². The van der Waals surface area contributed by atoms with E-state index in [-0.39, 0.29) is 21.9 Å². The van der Waals surface area contributed by atoms with Crippen molar-refractivity contribution in [2.24, 2.45) is 12.5 Å². The van der Waals surface area contributed by atoms with Crippen LogP contribution in [0.3, 0.4) is 0 Å². The quantitative estimate of drug-likeness (QED) is 0.252. The summed E-state index contributed by atoms with van der Waals surface area (Å²) in [5, 5.41) is 30.0. The summed E-state index contributed by atoms with van der Waals surface area (Å²) in [5.74, 6) is -1.24. The van der Waals surface area contributed by atoms with Gasteiger partial charge >= 0.3 is 0 Å². The van der Waals surface area contributed by atoms with E-state index in [2.05, 4.69) is 53.0 Å². The van der Waals surface area contributed by atoms with E-state index in [1.807, 2.05) is 19.1 Å². The second kappa shape index (κ2) is 11.7. The van der Waals surface area contributed by atoms with E-state index in [4.69, 9.17) is 23.2 Å². The first kappa shape index (κ1) is 30.6. The Morgan fingerprint density at radius 3 is 2.56 bits per heavy atom. The highest BCUT2D eigenvalue weighted by molar-refractivity contribution is 6.31. The predicted molar refractivity (Wildman–Crippen MR) is 165 cm³/mol. The molecule has 0 spiro atoms. The van der Waals surface area contributed by atoms with Gasteiger partial charge in [-0.05, 0) is 70.6 Å². The fraction of sp³-hybridized carbons (Fsp3) is 0.344. The largest absolute Gasteiger partial charge is 0.325 e. The van der Waals surface area contributed by atoms with E-state index < -0.39 is 29.2 Å². The zero-order chi connectivity index (χ0) is 31.1. The number of nitrogens with one attached hydrogen (secondary N) is 2. The lowest BCUT2D eigenvalue weighted by Gasteiger charge is -2.38. The van der Waals surface area contributed by atoms with Crippen molar-refractivity contribution >= 4 is 34.8 Å². The first-order valence-corrected chi connectivity index (χ1v) is 14.6. The standard InChI is InChI=1S/C32H32Cl2FN7O/c1-18-22(10-7-11-24(18)34)27-28(30(43)37-21-9-6-8-19(14-21)29-39-40-41-42(29)5)38-26(16-31(2,3)4)32(27,17-36)23-13-12-20(33)15-25(23)35/h6-15,26-28,38H,16H2,1-5H3,(H,37,43)/t26-,27-,28+,32-/m0/s1. The Kier molecular flexibility index (Phi) is 8.32. The topological polar surface area (TPSA) is 109 Å². The summed E-state index contributed by atoms with van der Waals surface area (Å²) in [6.07, 6.45) is 0.483. The van der Waals surface area contributed by atoms with Crippen molar-refractivity contribution in [2.45, 2.75) is 57.5 Å². The fourth-order valence-electron chi connectivity index (χ4n) is 6.19. The van der Waals surface area contributed by atoms with E-state index in [1.54, 1.807) is 49.5 Å². The maximum absolute atomic E-state index is 15.9. The number of amides is 1. The summed E-state index contributed by atoms with van der Waals surface area (Å²) in [6, 6.07) is 17.9. The van der Waals surface area contributed by atoms with Gasteiger partial charge in [0, 0.05) is 45.9 Å². The SMILES string of the molecule is Cc1c(Cl)cccc1[C@H]1[C@H](C(=O)Nc2cccc(-c3nnnn3C)c2)N[C@@H](CC(C)(C)C)[C@]1(C#N)c1ccc(Cl)cc1F. The van der Waals surface area contributed by atoms with Gasteiger partial charge < -0.3 is 10.6 Å². The number of aromatic nitrogens is 4. The van der Waals surface area contributed by atoms with E-state index in [0.717, 1.165) is 5.56 Å². The van der Waals surface area contributed by atoms with Gasteiger partial charge in [0.15, 0.2) is 5.82 Å². The second-order valence-electron chi connectivity index (χ2n) is 12.2. The van der Waals surface area contributed by atoms with Crippen molar-refractivity contribution in [1.29, 1.82) is 5.26 Å². The molecule has 4 atom stereocenters. The number of halogens is 3. The van der Waals surface area contributed by atoms with Gasteiger partial charge in [0.2, 0.25) is 5.91 Å². The Labute approximate surface area is 260 Å². The second-order valence-corrected chi connectivity index (χ2v) is 13.0. The Hall–Kier alpha value is -3.84. The number of nitriles is 1. The number of hydrogen-bond acceptors (Lipinski definition) is 6. The number of nitrogens with zero attached hydrogens (tertiary/aromatic N) is 5. The minimum Gasteiger partial charge on any atom is -0.325 e. The maximum atomic E-state index is 15.9. The molecule has 0 saturated carbocycles. The number of hydrogen-bond donors (Lipinski definition) is 2. The third-order valence-corrected chi connectivity index (χ3v) is 8.71. The molecule has 11 heteroatoms. The van der Waals surface area contributed by atoms with E-state index in [0.29, 0.717) is 34.1 Å². The Bertz CT molecular complexity index is 1730. The number of anilines is 1. The number of carbonyl (C=O) groups is 1. The van der Waals surface area contributed by atoms with Gasteiger partial charge in [-0.1, -0.05) is 74.3 Å². The summed E-state index contributed by atoms with van der Waals surface area (Å²) in [7, 11) is 1.73. The van der Waals surface area contributed by atoms with Gasteiger partial charge in [-0.3, -0.25) is 4.79 Å². The molecule has 0 aliphatic carbocycles. The molecule has 0 radical (unpaired) electrons. The van der Waals surface area contributed by atoms with Crippen molar-refractivity contribution in [1.82, 2.24) is 25.5 Å². The molecule has 5 rings (SSSR count). The molecule has 2 N–H and O–H groups in total. The Morgan fingerprint density at radius 1 is 1.16 bits per heavy atom. The van der Waals surface area contributed by atoms with Gasteiger partial charge in [0.25, 0.3) is 0 Å². The number of rotatable bonds is 6.